The summed E-state index contributed by atoms with van der Waals surface area (Å²) in [5, 5.41) is 10.2. The minimum atomic E-state index is -0.275. The molecule has 0 spiro atoms. The average Bonchev–Trinajstić information content (AvgIpc) is 3.16. The maximum absolute atomic E-state index is 13.4. The molecule has 1 amide bonds. The number of nitrogens with one attached hydrogen (secondary N) is 2. The minimum Gasteiger partial charge on any atom is -0.379 e. The lowest BCUT2D eigenvalue weighted by Crippen LogP contribution is -2.60. The van der Waals surface area contributed by atoms with E-state index in [9.17, 15) is 4.79 Å². The van der Waals surface area contributed by atoms with Gasteiger partial charge in [-0.05, 0) is 51.6 Å². The number of piperidine rings is 1. The van der Waals surface area contributed by atoms with Crippen LogP contribution in [0.25, 0.3) is 0 Å². The van der Waals surface area contributed by atoms with Crippen molar-refractivity contribution in [1.29, 1.82) is 0 Å². The third-order valence-corrected chi connectivity index (χ3v) is 7.07. The summed E-state index contributed by atoms with van der Waals surface area (Å²) in [6, 6.07) is 0.596. The van der Waals surface area contributed by atoms with Crippen LogP contribution in [0.15, 0.2) is 0 Å². The van der Waals surface area contributed by atoms with Crippen molar-refractivity contribution in [2.75, 3.05) is 45.9 Å². The first kappa shape index (κ1) is 19.8. The molecule has 0 unspecified atom stereocenters. The van der Waals surface area contributed by atoms with Gasteiger partial charge in [0.2, 0.25) is 5.91 Å². The Labute approximate surface area is 167 Å². The second-order valence-electron chi connectivity index (χ2n) is 8.61. The molecule has 4 rings (SSSR count). The van der Waals surface area contributed by atoms with Crippen LogP contribution in [0.3, 0.4) is 0 Å². The van der Waals surface area contributed by atoms with Gasteiger partial charge in [0.05, 0.1) is 25.2 Å². The number of ether oxygens (including phenoxy) is 1. The highest BCUT2D eigenvalue weighted by Crippen LogP contribution is 2.47. The molecule has 1 saturated carbocycles. The lowest BCUT2D eigenvalue weighted by Gasteiger charge is -2.53. The lowest BCUT2D eigenvalue weighted by atomic mass is 9.61. The molecule has 0 radical (unpaired) electrons. The van der Waals surface area contributed by atoms with Crippen molar-refractivity contribution in [1.82, 2.24) is 30.3 Å². The SMILES string of the molecule is CCN1CC[C@@H]2C[C@@H](N3CCOCC3)CC[C@@]2(C(=O)NCc2n[nH]c(C)n2)C1. The summed E-state index contributed by atoms with van der Waals surface area (Å²) in [5.41, 5.74) is -0.275. The number of carbonyl (C=O) groups excluding carboxylic acids is 1. The second-order valence-corrected chi connectivity index (χ2v) is 8.61. The zero-order chi connectivity index (χ0) is 19.6. The number of fused-ring (bicyclic) bond motifs is 1. The molecule has 3 atom stereocenters. The normalized spacial score (nSPS) is 32.1. The summed E-state index contributed by atoms with van der Waals surface area (Å²) < 4.78 is 5.53. The number of aromatic amines is 1. The standard InChI is InChI=1S/C20H34N6O2/c1-3-25-7-5-16-12-17(26-8-10-28-11-9-26)4-6-20(16,14-25)19(27)21-13-18-22-15(2)23-24-18/h16-17H,3-14H2,1-2H3,(H,21,27)(H,22,23,24)/t16-,17+,20-/m1/s1. The zero-order valence-corrected chi connectivity index (χ0v) is 17.2. The van der Waals surface area contributed by atoms with E-state index in [-0.39, 0.29) is 11.3 Å². The van der Waals surface area contributed by atoms with Gasteiger partial charge in [-0.25, -0.2) is 4.98 Å². The van der Waals surface area contributed by atoms with Crippen LogP contribution in [0.5, 0.6) is 0 Å². The number of nitrogens with zero attached hydrogens (tertiary/aromatic N) is 4. The van der Waals surface area contributed by atoms with Crippen molar-refractivity contribution in [2.45, 2.75) is 52.1 Å². The van der Waals surface area contributed by atoms with E-state index in [1.807, 2.05) is 6.92 Å². The van der Waals surface area contributed by atoms with Gasteiger partial charge in [-0.2, -0.15) is 5.10 Å². The monoisotopic (exact) mass is 390 g/mol. The summed E-state index contributed by atoms with van der Waals surface area (Å²) in [6.45, 7) is 11.2. The van der Waals surface area contributed by atoms with E-state index < -0.39 is 0 Å². The Bertz CT molecular complexity index is 673. The lowest BCUT2D eigenvalue weighted by molar-refractivity contribution is -0.145. The van der Waals surface area contributed by atoms with E-state index in [2.05, 4.69) is 37.2 Å². The van der Waals surface area contributed by atoms with Gasteiger partial charge in [-0.15, -0.1) is 0 Å². The number of morpholine rings is 1. The van der Waals surface area contributed by atoms with E-state index >= 15 is 0 Å². The van der Waals surface area contributed by atoms with Crippen molar-refractivity contribution in [2.24, 2.45) is 11.3 Å². The fourth-order valence-corrected chi connectivity index (χ4v) is 5.44. The topological polar surface area (TPSA) is 86.4 Å². The van der Waals surface area contributed by atoms with Crippen LogP contribution in [0.2, 0.25) is 0 Å². The van der Waals surface area contributed by atoms with Gasteiger partial charge in [-0.3, -0.25) is 14.8 Å². The van der Waals surface area contributed by atoms with Gasteiger partial charge < -0.3 is 15.0 Å². The summed E-state index contributed by atoms with van der Waals surface area (Å²) in [6.07, 6.45) is 4.31. The first-order valence-electron chi connectivity index (χ1n) is 10.8. The molecule has 1 aromatic heterocycles. The number of likely N-dealkylation sites (tertiary alicyclic amines) is 1. The Hall–Kier alpha value is -1.51. The molecule has 2 aliphatic heterocycles. The Kier molecular flexibility index (Phi) is 5.99. The molecule has 1 aliphatic carbocycles. The highest BCUT2D eigenvalue weighted by Gasteiger charge is 2.52. The van der Waals surface area contributed by atoms with Crippen molar-refractivity contribution in [3.8, 4) is 0 Å². The molecule has 0 aromatic carbocycles. The van der Waals surface area contributed by atoms with Crippen molar-refractivity contribution >= 4 is 5.91 Å². The molecule has 3 heterocycles. The van der Waals surface area contributed by atoms with E-state index in [4.69, 9.17) is 4.74 Å². The number of aromatic nitrogens is 3. The summed E-state index contributed by atoms with van der Waals surface area (Å²) in [7, 11) is 0. The second kappa shape index (κ2) is 8.47. The highest BCUT2D eigenvalue weighted by atomic mass is 16.5. The third-order valence-electron chi connectivity index (χ3n) is 7.07. The summed E-state index contributed by atoms with van der Waals surface area (Å²) in [5.74, 6) is 2.08. The molecule has 156 valence electrons. The van der Waals surface area contributed by atoms with Crippen LogP contribution >= 0.6 is 0 Å². The average molecular weight is 391 g/mol. The molecule has 1 aromatic rings. The maximum atomic E-state index is 13.4. The number of hydrogen-bond acceptors (Lipinski definition) is 6. The highest BCUT2D eigenvalue weighted by molar-refractivity contribution is 5.83. The van der Waals surface area contributed by atoms with E-state index in [0.29, 0.717) is 24.3 Å². The molecule has 2 saturated heterocycles. The summed E-state index contributed by atoms with van der Waals surface area (Å²) in [4.78, 5) is 22.8. The fourth-order valence-electron chi connectivity index (χ4n) is 5.44. The number of rotatable bonds is 5. The number of H-pyrrole nitrogens is 1. The van der Waals surface area contributed by atoms with Crippen molar-refractivity contribution < 1.29 is 9.53 Å². The molecular weight excluding hydrogens is 356 g/mol. The van der Waals surface area contributed by atoms with E-state index in [0.717, 1.165) is 77.4 Å². The molecule has 0 bridgehead atoms. The fraction of sp³-hybridized carbons (Fsp3) is 0.850. The van der Waals surface area contributed by atoms with Gasteiger partial charge in [0.1, 0.15) is 5.82 Å². The molecule has 8 heteroatoms. The Morgan fingerprint density at radius 3 is 2.86 bits per heavy atom. The van der Waals surface area contributed by atoms with Crippen LogP contribution < -0.4 is 5.32 Å². The predicted octanol–water partition coefficient (Wildman–Crippen LogP) is 0.942. The van der Waals surface area contributed by atoms with Gasteiger partial charge in [0.25, 0.3) is 0 Å². The number of carbonyl (C=O) groups is 1. The van der Waals surface area contributed by atoms with Crippen LogP contribution in [0, 0.1) is 18.3 Å². The van der Waals surface area contributed by atoms with Crippen molar-refractivity contribution in [3.05, 3.63) is 11.6 Å². The largest absolute Gasteiger partial charge is 0.379 e. The number of amides is 1. The van der Waals surface area contributed by atoms with Gasteiger partial charge >= 0.3 is 0 Å². The van der Waals surface area contributed by atoms with E-state index in [1.54, 1.807) is 0 Å². The van der Waals surface area contributed by atoms with Crippen LogP contribution in [-0.4, -0.2) is 82.9 Å². The van der Waals surface area contributed by atoms with Crippen LogP contribution in [0.1, 0.15) is 44.3 Å². The van der Waals surface area contributed by atoms with Gasteiger partial charge in [0.15, 0.2) is 5.82 Å². The van der Waals surface area contributed by atoms with Crippen molar-refractivity contribution in [3.63, 3.8) is 0 Å². The Morgan fingerprint density at radius 2 is 2.14 bits per heavy atom. The van der Waals surface area contributed by atoms with Gasteiger partial charge in [-0.1, -0.05) is 6.92 Å². The summed E-state index contributed by atoms with van der Waals surface area (Å²) >= 11 is 0. The Balaban J connectivity index is 1.46. The molecule has 3 fully saturated rings. The number of aryl methyl sites for hydroxylation is 1. The smallest absolute Gasteiger partial charge is 0.228 e. The first-order chi connectivity index (χ1) is 13.6. The van der Waals surface area contributed by atoms with E-state index in [1.165, 1.54) is 0 Å². The van der Waals surface area contributed by atoms with Crippen LogP contribution in [-0.2, 0) is 16.1 Å². The predicted molar refractivity (Wildman–Crippen MR) is 106 cm³/mol. The van der Waals surface area contributed by atoms with Crippen LogP contribution in [0.4, 0.5) is 0 Å². The number of hydrogen-bond donors (Lipinski definition) is 2. The zero-order valence-electron chi connectivity index (χ0n) is 17.2. The molecular formula is C20H34N6O2. The Morgan fingerprint density at radius 1 is 1.32 bits per heavy atom. The van der Waals surface area contributed by atoms with Gasteiger partial charge in [0, 0.05) is 25.7 Å². The molecule has 2 N–H and O–H groups in total. The molecule has 3 aliphatic rings. The third kappa shape index (κ3) is 3.95. The molecule has 8 nitrogen and oxygen atoms in total. The molecule has 28 heavy (non-hydrogen) atoms. The minimum absolute atomic E-state index is 0.193. The quantitative estimate of drug-likeness (QED) is 0.778. The maximum Gasteiger partial charge on any atom is 0.228 e. The first-order valence-corrected chi connectivity index (χ1v) is 10.8.